The Hall–Kier alpha value is -3.06. The van der Waals surface area contributed by atoms with Gasteiger partial charge < -0.3 is 25.6 Å². The summed E-state index contributed by atoms with van der Waals surface area (Å²) in [4.78, 5) is 18.6. The van der Waals surface area contributed by atoms with Crippen LogP contribution in [-0.2, 0) is 13.1 Å². The van der Waals surface area contributed by atoms with Gasteiger partial charge >= 0.3 is 0 Å². The molecule has 2 aromatic carbocycles. The summed E-state index contributed by atoms with van der Waals surface area (Å²) in [5.74, 6) is 1.47. The number of likely N-dealkylation sites (N-methyl/N-ethyl adjacent to an activating group) is 1. The number of carbonyl (C=O) groups excluding carboxylic acids is 1. The van der Waals surface area contributed by atoms with Crippen LogP contribution in [0.5, 0.6) is 5.75 Å². The second-order valence-electron chi connectivity index (χ2n) is 7.35. The molecule has 0 aromatic heterocycles. The number of aryl methyl sites for hydroxylation is 1. The third-order valence-electron chi connectivity index (χ3n) is 4.61. The monoisotopic (exact) mass is 411 g/mol. The van der Waals surface area contributed by atoms with Crippen molar-refractivity contribution in [3.8, 4) is 5.75 Å². The van der Waals surface area contributed by atoms with Gasteiger partial charge in [0.15, 0.2) is 5.96 Å². The first kappa shape index (κ1) is 23.2. The van der Waals surface area contributed by atoms with Crippen molar-refractivity contribution >= 4 is 11.9 Å². The van der Waals surface area contributed by atoms with Gasteiger partial charge in [0.05, 0.1) is 7.11 Å². The van der Waals surface area contributed by atoms with Crippen LogP contribution in [0.4, 0.5) is 0 Å². The van der Waals surface area contributed by atoms with E-state index < -0.39 is 0 Å². The molecule has 7 nitrogen and oxygen atoms in total. The molecular formula is C23H33N5O2. The van der Waals surface area contributed by atoms with Gasteiger partial charge in [0.1, 0.15) is 5.75 Å². The van der Waals surface area contributed by atoms with Gasteiger partial charge in [0, 0.05) is 44.4 Å². The number of rotatable bonds is 9. The maximum absolute atomic E-state index is 12.3. The van der Waals surface area contributed by atoms with Gasteiger partial charge in [0.2, 0.25) is 0 Å². The normalized spacial score (nSPS) is 11.3. The van der Waals surface area contributed by atoms with Crippen molar-refractivity contribution in [2.45, 2.75) is 20.0 Å². The quantitative estimate of drug-likeness (QED) is 0.435. The van der Waals surface area contributed by atoms with Gasteiger partial charge in [-0.05, 0) is 50.3 Å². The Kier molecular flexibility index (Phi) is 9.15. The number of carbonyl (C=O) groups is 1. The third kappa shape index (κ3) is 7.40. The molecule has 0 atom stereocenters. The standard InChI is InChI=1S/C23H33N5O2/c1-17-9-10-20(21(13-17)30-5)16-27-23(24-2)26-15-18-7-6-8-19(14-18)22(29)25-11-12-28(3)4/h6-10,13-14H,11-12,15-16H2,1-5H3,(H,25,29)(H2,24,26,27). The molecule has 2 rings (SSSR count). The zero-order chi connectivity index (χ0) is 21.9. The average molecular weight is 412 g/mol. The molecule has 0 aliphatic carbocycles. The average Bonchev–Trinajstić information content (AvgIpc) is 2.74. The Morgan fingerprint density at radius 3 is 2.53 bits per heavy atom. The van der Waals surface area contributed by atoms with E-state index in [-0.39, 0.29) is 5.91 Å². The molecule has 0 bridgehead atoms. The smallest absolute Gasteiger partial charge is 0.251 e. The highest BCUT2D eigenvalue weighted by Gasteiger charge is 2.08. The minimum absolute atomic E-state index is 0.0623. The number of ether oxygens (including phenoxy) is 1. The van der Waals surface area contributed by atoms with Crippen LogP contribution in [-0.4, -0.2) is 58.1 Å². The fraction of sp³-hybridized carbons (Fsp3) is 0.391. The van der Waals surface area contributed by atoms with Crippen LogP contribution in [0.25, 0.3) is 0 Å². The minimum Gasteiger partial charge on any atom is -0.496 e. The first-order valence-electron chi connectivity index (χ1n) is 10.0. The molecule has 2 aromatic rings. The number of aliphatic imine (C=N–C) groups is 1. The largest absolute Gasteiger partial charge is 0.496 e. The first-order valence-corrected chi connectivity index (χ1v) is 10.0. The molecule has 0 unspecified atom stereocenters. The lowest BCUT2D eigenvalue weighted by atomic mass is 10.1. The van der Waals surface area contributed by atoms with Crippen molar-refractivity contribution in [1.29, 1.82) is 0 Å². The molecule has 0 aliphatic rings. The van der Waals surface area contributed by atoms with E-state index in [1.807, 2.05) is 62.3 Å². The fourth-order valence-electron chi connectivity index (χ4n) is 2.90. The number of hydrogen-bond acceptors (Lipinski definition) is 4. The van der Waals surface area contributed by atoms with Crippen molar-refractivity contribution < 1.29 is 9.53 Å². The van der Waals surface area contributed by atoms with Crippen molar-refractivity contribution in [2.24, 2.45) is 4.99 Å². The Bertz CT molecular complexity index is 864. The maximum Gasteiger partial charge on any atom is 0.251 e. The molecule has 30 heavy (non-hydrogen) atoms. The van der Waals surface area contributed by atoms with Crippen LogP contribution >= 0.6 is 0 Å². The van der Waals surface area contributed by atoms with E-state index >= 15 is 0 Å². The molecule has 1 amide bonds. The van der Waals surface area contributed by atoms with Crippen LogP contribution in [0.1, 0.15) is 27.0 Å². The van der Waals surface area contributed by atoms with E-state index in [0.717, 1.165) is 29.0 Å². The summed E-state index contributed by atoms with van der Waals surface area (Å²) in [5.41, 5.74) is 3.87. The van der Waals surface area contributed by atoms with Gasteiger partial charge in [-0.2, -0.15) is 0 Å². The van der Waals surface area contributed by atoms with Crippen molar-refractivity contribution in [3.63, 3.8) is 0 Å². The van der Waals surface area contributed by atoms with Crippen molar-refractivity contribution in [2.75, 3.05) is 41.3 Å². The van der Waals surface area contributed by atoms with Crippen LogP contribution in [0.2, 0.25) is 0 Å². The summed E-state index contributed by atoms with van der Waals surface area (Å²) < 4.78 is 5.46. The Labute approximate surface area is 179 Å². The molecule has 0 saturated heterocycles. The second-order valence-corrected chi connectivity index (χ2v) is 7.35. The predicted molar refractivity (Wildman–Crippen MR) is 122 cm³/mol. The summed E-state index contributed by atoms with van der Waals surface area (Å²) in [6.07, 6.45) is 0. The highest BCUT2D eigenvalue weighted by atomic mass is 16.5. The molecule has 162 valence electrons. The van der Waals surface area contributed by atoms with E-state index in [9.17, 15) is 4.79 Å². The Balaban J connectivity index is 1.90. The number of hydrogen-bond donors (Lipinski definition) is 3. The van der Waals surface area contributed by atoms with Crippen LogP contribution in [0, 0.1) is 6.92 Å². The molecular weight excluding hydrogens is 378 g/mol. The maximum atomic E-state index is 12.3. The number of guanidine groups is 1. The highest BCUT2D eigenvalue weighted by Crippen LogP contribution is 2.19. The van der Waals surface area contributed by atoms with Gasteiger partial charge in [-0.1, -0.05) is 24.3 Å². The van der Waals surface area contributed by atoms with Gasteiger partial charge in [0.25, 0.3) is 5.91 Å². The lowest BCUT2D eigenvalue weighted by Gasteiger charge is -2.15. The molecule has 0 spiro atoms. The second kappa shape index (κ2) is 11.8. The zero-order valence-electron chi connectivity index (χ0n) is 18.6. The van der Waals surface area contributed by atoms with Crippen LogP contribution in [0.15, 0.2) is 47.5 Å². The SMILES string of the molecule is CN=C(NCc1cccc(C(=O)NCCN(C)C)c1)NCc1ccc(C)cc1OC. The number of nitrogens with zero attached hydrogens (tertiary/aromatic N) is 2. The number of amides is 1. The molecule has 0 fully saturated rings. The van der Waals surface area contributed by atoms with E-state index in [1.54, 1.807) is 14.2 Å². The lowest BCUT2D eigenvalue weighted by molar-refractivity contribution is 0.0951. The lowest BCUT2D eigenvalue weighted by Crippen LogP contribution is -2.36. The summed E-state index contributed by atoms with van der Waals surface area (Å²) in [6.45, 7) is 4.62. The van der Waals surface area contributed by atoms with E-state index in [2.05, 4.69) is 27.0 Å². The molecule has 7 heteroatoms. The molecule has 0 aliphatic heterocycles. The Morgan fingerprint density at radius 2 is 1.83 bits per heavy atom. The molecule has 3 N–H and O–H groups in total. The Morgan fingerprint density at radius 1 is 1.07 bits per heavy atom. The number of methoxy groups -OCH3 is 1. The fourth-order valence-corrected chi connectivity index (χ4v) is 2.90. The number of nitrogens with one attached hydrogen (secondary N) is 3. The van der Waals surface area contributed by atoms with Crippen molar-refractivity contribution in [1.82, 2.24) is 20.9 Å². The summed E-state index contributed by atoms with van der Waals surface area (Å²) >= 11 is 0. The zero-order valence-corrected chi connectivity index (χ0v) is 18.6. The van der Waals surface area contributed by atoms with Crippen LogP contribution < -0.4 is 20.7 Å². The van der Waals surface area contributed by atoms with Gasteiger partial charge in [-0.3, -0.25) is 9.79 Å². The summed E-state index contributed by atoms with van der Waals surface area (Å²) in [5, 5.41) is 9.53. The van der Waals surface area contributed by atoms with Crippen molar-refractivity contribution in [3.05, 3.63) is 64.7 Å². The first-order chi connectivity index (χ1) is 14.4. The third-order valence-corrected chi connectivity index (χ3v) is 4.61. The predicted octanol–water partition coefficient (Wildman–Crippen LogP) is 2.16. The summed E-state index contributed by atoms with van der Waals surface area (Å²) in [6, 6.07) is 13.7. The molecule has 0 saturated carbocycles. The van der Waals surface area contributed by atoms with E-state index in [1.165, 1.54) is 0 Å². The van der Waals surface area contributed by atoms with Gasteiger partial charge in [-0.25, -0.2) is 0 Å². The van der Waals surface area contributed by atoms with E-state index in [0.29, 0.717) is 31.2 Å². The van der Waals surface area contributed by atoms with Crippen LogP contribution in [0.3, 0.4) is 0 Å². The van der Waals surface area contributed by atoms with Gasteiger partial charge in [-0.15, -0.1) is 0 Å². The minimum atomic E-state index is -0.0623. The molecule has 0 radical (unpaired) electrons. The van der Waals surface area contributed by atoms with E-state index in [4.69, 9.17) is 4.74 Å². The molecule has 0 heterocycles. The highest BCUT2D eigenvalue weighted by molar-refractivity contribution is 5.94. The topological polar surface area (TPSA) is 78.0 Å². The summed E-state index contributed by atoms with van der Waals surface area (Å²) in [7, 11) is 7.37. The number of benzene rings is 2.